The quantitative estimate of drug-likeness (QED) is 0.842. The molecule has 7 heteroatoms. The van der Waals surface area contributed by atoms with Gasteiger partial charge >= 0.3 is 0 Å². The van der Waals surface area contributed by atoms with Crippen molar-refractivity contribution in [3.63, 3.8) is 0 Å². The first kappa shape index (κ1) is 16.5. The van der Waals surface area contributed by atoms with E-state index in [-0.39, 0.29) is 17.5 Å². The van der Waals surface area contributed by atoms with Crippen molar-refractivity contribution in [2.75, 3.05) is 27.7 Å². The van der Waals surface area contributed by atoms with Gasteiger partial charge < -0.3 is 9.15 Å². The number of furan rings is 1. The maximum atomic E-state index is 12.5. The normalized spacial score (nSPS) is 13.3. The number of hydrogen-bond donors (Lipinski definition) is 1. The molecule has 0 unspecified atom stereocenters. The largest absolute Gasteiger partial charge is 0.495 e. The molecule has 0 fully saturated rings. The van der Waals surface area contributed by atoms with Gasteiger partial charge in [0, 0.05) is 6.54 Å². The van der Waals surface area contributed by atoms with E-state index in [1.54, 1.807) is 30.5 Å². The average molecular weight is 324 g/mol. The van der Waals surface area contributed by atoms with Crippen LogP contribution < -0.4 is 9.46 Å². The number of rotatable bonds is 7. The van der Waals surface area contributed by atoms with Crippen molar-refractivity contribution in [3.8, 4) is 5.75 Å². The smallest absolute Gasteiger partial charge is 0.244 e. The zero-order valence-corrected chi connectivity index (χ0v) is 13.6. The number of likely N-dealkylation sites (N-methyl/N-ethyl adjacent to an activating group) is 1. The molecule has 0 aliphatic carbocycles. The lowest BCUT2D eigenvalue weighted by atomic mass is 10.2. The lowest BCUT2D eigenvalue weighted by molar-refractivity contribution is 0.259. The molecule has 0 aliphatic heterocycles. The highest BCUT2D eigenvalue weighted by Gasteiger charge is 2.23. The summed E-state index contributed by atoms with van der Waals surface area (Å²) < 4.78 is 38.0. The lowest BCUT2D eigenvalue weighted by Crippen LogP contribution is -2.34. The first-order valence-electron chi connectivity index (χ1n) is 6.78. The minimum atomic E-state index is -3.67. The van der Waals surface area contributed by atoms with Crippen LogP contribution in [0.15, 0.2) is 52.0 Å². The molecule has 0 bridgehead atoms. The minimum Gasteiger partial charge on any atom is -0.495 e. The number of nitrogens with zero attached hydrogens (tertiary/aromatic N) is 1. The summed E-state index contributed by atoms with van der Waals surface area (Å²) in [7, 11) is 1.51. The van der Waals surface area contributed by atoms with Crippen molar-refractivity contribution in [1.29, 1.82) is 0 Å². The predicted molar refractivity (Wildman–Crippen MR) is 83.3 cm³/mol. The van der Waals surface area contributed by atoms with Crippen molar-refractivity contribution in [1.82, 2.24) is 9.62 Å². The molecule has 2 aromatic rings. The molecular weight excluding hydrogens is 304 g/mol. The van der Waals surface area contributed by atoms with Crippen LogP contribution in [-0.2, 0) is 10.0 Å². The van der Waals surface area contributed by atoms with Gasteiger partial charge in [-0.1, -0.05) is 12.1 Å². The van der Waals surface area contributed by atoms with Crippen molar-refractivity contribution >= 4 is 10.0 Å². The Morgan fingerprint density at radius 1 is 1.23 bits per heavy atom. The SMILES string of the molecule is COc1ccccc1S(=O)(=O)NC[C@H](c1ccco1)N(C)C. The van der Waals surface area contributed by atoms with Gasteiger partial charge in [0.05, 0.1) is 19.4 Å². The number of methoxy groups -OCH3 is 1. The molecule has 1 heterocycles. The van der Waals surface area contributed by atoms with Gasteiger partial charge in [0.1, 0.15) is 16.4 Å². The van der Waals surface area contributed by atoms with Crippen LogP contribution in [0.2, 0.25) is 0 Å². The second kappa shape index (κ2) is 6.95. The Labute approximate surface area is 130 Å². The molecule has 0 saturated carbocycles. The third-order valence-electron chi connectivity index (χ3n) is 3.32. The van der Waals surface area contributed by atoms with Gasteiger partial charge in [0.2, 0.25) is 10.0 Å². The third kappa shape index (κ3) is 3.68. The van der Waals surface area contributed by atoms with E-state index in [9.17, 15) is 8.42 Å². The number of nitrogens with one attached hydrogen (secondary N) is 1. The van der Waals surface area contributed by atoms with Crippen LogP contribution in [0.1, 0.15) is 11.8 Å². The van der Waals surface area contributed by atoms with Gasteiger partial charge in [-0.05, 0) is 38.4 Å². The molecule has 1 aromatic heterocycles. The van der Waals surface area contributed by atoms with E-state index >= 15 is 0 Å². The van der Waals surface area contributed by atoms with Crippen LogP contribution in [0.5, 0.6) is 5.75 Å². The second-order valence-electron chi connectivity index (χ2n) is 5.00. The molecule has 0 saturated heterocycles. The van der Waals surface area contributed by atoms with Crippen molar-refractivity contribution in [2.24, 2.45) is 0 Å². The standard InChI is InChI=1S/C15H20N2O4S/c1-17(2)12(13-8-6-10-21-13)11-16-22(18,19)15-9-5-4-7-14(15)20-3/h4-10,12,16H,11H2,1-3H3/t12-/m1/s1. The van der Waals surface area contributed by atoms with E-state index in [2.05, 4.69) is 4.72 Å². The fourth-order valence-corrected chi connectivity index (χ4v) is 3.33. The highest BCUT2D eigenvalue weighted by atomic mass is 32.2. The maximum absolute atomic E-state index is 12.5. The van der Waals surface area contributed by atoms with Crippen LogP contribution in [0.3, 0.4) is 0 Å². The van der Waals surface area contributed by atoms with Crippen LogP contribution in [0.4, 0.5) is 0 Å². The first-order valence-corrected chi connectivity index (χ1v) is 8.26. The Bertz CT molecular complexity index is 696. The van der Waals surface area contributed by atoms with E-state index in [0.717, 1.165) is 0 Å². The minimum absolute atomic E-state index is 0.120. The Morgan fingerprint density at radius 3 is 2.55 bits per heavy atom. The molecule has 0 aliphatic rings. The molecule has 120 valence electrons. The zero-order chi connectivity index (χ0) is 16.2. The Hall–Kier alpha value is -1.83. The zero-order valence-electron chi connectivity index (χ0n) is 12.8. The number of sulfonamides is 1. The molecular formula is C15H20N2O4S. The molecule has 2 rings (SSSR count). The molecule has 6 nitrogen and oxygen atoms in total. The Kier molecular flexibility index (Phi) is 5.23. The summed E-state index contributed by atoms with van der Waals surface area (Å²) in [6, 6.07) is 9.92. The van der Waals surface area contributed by atoms with Crippen molar-refractivity contribution < 1.29 is 17.6 Å². The van der Waals surface area contributed by atoms with Crippen molar-refractivity contribution in [3.05, 3.63) is 48.4 Å². The summed E-state index contributed by atoms with van der Waals surface area (Å²) >= 11 is 0. The Morgan fingerprint density at radius 2 is 1.95 bits per heavy atom. The molecule has 1 aromatic carbocycles. The van der Waals surface area contributed by atoms with Crippen LogP contribution in [0.25, 0.3) is 0 Å². The predicted octanol–water partition coefficient (Wildman–Crippen LogP) is 1.87. The Balaban J connectivity index is 2.18. The number of benzene rings is 1. The van der Waals surface area contributed by atoms with E-state index in [1.165, 1.54) is 13.2 Å². The average Bonchev–Trinajstić information content (AvgIpc) is 3.01. The molecule has 0 amide bonds. The van der Waals surface area contributed by atoms with Crippen LogP contribution >= 0.6 is 0 Å². The van der Waals surface area contributed by atoms with Gasteiger partial charge in [-0.15, -0.1) is 0 Å². The fraction of sp³-hybridized carbons (Fsp3) is 0.333. The van der Waals surface area contributed by atoms with Crippen molar-refractivity contribution in [2.45, 2.75) is 10.9 Å². The summed E-state index contributed by atoms with van der Waals surface area (Å²) in [5.74, 6) is 1.02. The highest BCUT2D eigenvalue weighted by Crippen LogP contribution is 2.24. The summed E-state index contributed by atoms with van der Waals surface area (Å²) in [6.45, 7) is 0.195. The highest BCUT2D eigenvalue weighted by molar-refractivity contribution is 7.89. The van der Waals surface area contributed by atoms with E-state index in [0.29, 0.717) is 11.5 Å². The summed E-state index contributed by atoms with van der Waals surface area (Å²) in [5.41, 5.74) is 0. The van der Waals surface area contributed by atoms with Gasteiger partial charge in [0.25, 0.3) is 0 Å². The molecule has 1 atom stereocenters. The van der Waals surface area contributed by atoms with E-state index in [1.807, 2.05) is 25.1 Å². The molecule has 22 heavy (non-hydrogen) atoms. The number of ether oxygens (including phenoxy) is 1. The van der Waals surface area contributed by atoms with Gasteiger partial charge in [0.15, 0.2) is 0 Å². The summed E-state index contributed by atoms with van der Waals surface area (Å²) in [4.78, 5) is 2.01. The topological polar surface area (TPSA) is 71.8 Å². The van der Waals surface area contributed by atoms with Crippen LogP contribution in [0, 0.1) is 0 Å². The van der Waals surface area contributed by atoms with E-state index < -0.39 is 10.0 Å². The maximum Gasteiger partial charge on any atom is 0.244 e. The summed E-state index contributed by atoms with van der Waals surface area (Å²) in [5, 5.41) is 0. The first-order chi connectivity index (χ1) is 10.5. The number of para-hydroxylation sites is 1. The second-order valence-corrected chi connectivity index (χ2v) is 6.73. The molecule has 0 spiro atoms. The monoisotopic (exact) mass is 324 g/mol. The summed E-state index contributed by atoms with van der Waals surface area (Å²) in [6.07, 6.45) is 1.57. The lowest BCUT2D eigenvalue weighted by Gasteiger charge is -2.22. The number of hydrogen-bond acceptors (Lipinski definition) is 5. The van der Waals surface area contributed by atoms with E-state index in [4.69, 9.17) is 9.15 Å². The third-order valence-corrected chi connectivity index (χ3v) is 4.78. The van der Waals surface area contributed by atoms with Gasteiger partial charge in [-0.2, -0.15) is 0 Å². The molecule has 1 N–H and O–H groups in total. The fourth-order valence-electron chi connectivity index (χ4n) is 2.13. The molecule has 0 radical (unpaired) electrons. The van der Waals surface area contributed by atoms with Gasteiger partial charge in [-0.25, -0.2) is 13.1 Å². The van der Waals surface area contributed by atoms with Gasteiger partial charge in [-0.3, -0.25) is 4.90 Å². The van der Waals surface area contributed by atoms with Crippen LogP contribution in [-0.4, -0.2) is 41.1 Å².